The summed E-state index contributed by atoms with van der Waals surface area (Å²) in [6, 6.07) is 5.17. The van der Waals surface area contributed by atoms with Crippen LogP contribution in [0.1, 0.15) is 40.3 Å². The first-order chi connectivity index (χ1) is 18.0. The number of carbonyl (C=O) groups is 1. The van der Waals surface area contributed by atoms with Crippen LogP contribution in [0.5, 0.6) is 5.75 Å². The number of nitrogens with zero attached hydrogens (tertiary/aromatic N) is 3. The van der Waals surface area contributed by atoms with Crippen molar-refractivity contribution in [2.24, 2.45) is 5.92 Å². The van der Waals surface area contributed by atoms with Crippen LogP contribution in [0.4, 0.5) is 0 Å². The molecule has 0 radical (unpaired) electrons. The fourth-order valence-electron chi connectivity index (χ4n) is 4.06. The van der Waals surface area contributed by atoms with Gasteiger partial charge in [0.25, 0.3) is 5.56 Å². The molecule has 0 saturated carbocycles. The number of fused-ring (bicyclic) bond motifs is 1. The molecule has 4 rings (SSSR count). The van der Waals surface area contributed by atoms with Crippen LogP contribution in [0.3, 0.4) is 0 Å². The summed E-state index contributed by atoms with van der Waals surface area (Å²) in [7, 11) is -4.19. The Bertz CT molecular complexity index is 1450. The Morgan fingerprint density at radius 2 is 2.00 bits per heavy atom. The summed E-state index contributed by atoms with van der Waals surface area (Å²) >= 11 is 0. The lowest BCUT2D eigenvalue weighted by Gasteiger charge is -2.24. The topological polar surface area (TPSA) is 164 Å². The minimum Gasteiger partial charge on any atom is -0.462 e. The zero-order valence-electron chi connectivity index (χ0n) is 21.4. The molecule has 14 heteroatoms. The Balaban J connectivity index is 1.53. The Hall–Kier alpha value is -3.38. The minimum absolute atomic E-state index is 0.117. The molecule has 204 valence electrons. The maximum atomic E-state index is 13.9. The van der Waals surface area contributed by atoms with Crippen molar-refractivity contribution < 1.29 is 27.9 Å². The zero-order valence-corrected chi connectivity index (χ0v) is 22.3. The second-order valence-electron chi connectivity index (χ2n) is 9.28. The Labute approximate surface area is 218 Å². The van der Waals surface area contributed by atoms with Crippen molar-refractivity contribution in [3.05, 3.63) is 63.7 Å². The Kier molecular flexibility index (Phi) is 8.41. The van der Waals surface area contributed by atoms with Crippen LogP contribution in [0, 0.1) is 5.92 Å². The van der Waals surface area contributed by atoms with Gasteiger partial charge in [-0.3, -0.25) is 28.6 Å². The molecule has 0 aliphatic carbocycles. The van der Waals surface area contributed by atoms with E-state index in [9.17, 15) is 18.9 Å². The van der Waals surface area contributed by atoms with Crippen molar-refractivity contribution in [2.45, 2.75) is 58.6 Å². The van der Waals surface area contributed by atoms with E-state index < -0.39 is 43.3 Å². The lowest BCUT2D eigenvalue weighted by molar-refractivity contribution is -0.149. The highest BCUT2D eigenvalue weighted by atomic mass is 31.2. The standard InChI is InChI=1S/C24H30N5O8P/c1-14(2)35-23(31)16(4)28-38(33,37-19-7-5-6-18-21(19)26-10-9-25-18)34-13-17-12-15(3)22(36-17)29-11-8-20(30)27-24(29)32/h5-11,14-17,22H,12-13H2,1-4H3,(H,28,33)(H,27,30,32). The molecule has 1 aromatic carbocycles. The fraction of sp³-hybridized carbons (Fsp3) is 0.458. The van der Waals surface area contributed by atoms with Gasteiger partial charge in [-0.15, -0.1) is 0 Å². The highest BCUT2D eigenvalue weighted by molar-refractivity contribution is 7.52. The average Bonchev–Trinajstić information content (AvgIpc) is 3.23. The monoisotopic (exact) mass is 547 g/mol. The van der Waals surface area contributed by atoms with Crippen LogP contribution in [0.25, 0.3) is 11.0 Å². The third-order valence-corrected chi connectivity index (χ3v) is 7.38. The summed E-state index contributed by atoms with van der Waals surface area (Å²) in [6.07, 6.45) is 3.25. The molecule has 5 atom stereocenters. The van der Waals surface area contributed by atoms with E-state index in [0.717, 1.165) is 0 Å². The van der Waals surface area contributed by atoms with Gasteiger partial charge in [0, 0.05) is 30.6 Å². The number of rotatable bonds is 10. The molecule has 13 nitrogen and oxygen atoms in total. The zero-order chi connectivity index (χ0) is 27.4. The minimum atomic E-state index is -4.19. The molecule has 38 heavy (non-hydrogen) atoms. The first kappa shape index (κ1) is 27.6. The number of nitrogens with one attached hydrogen (secondary N) is 2. The second-order valence-corrected chi connectivity index (χ2v) is 11.0. The second kappa shape index (κ2) is 11.6. The number of aromatic nitrogens is 4. The van der Waals surface area contributed by atoms with Crippen LogP contribution < -0.4 is 20.9 Å². The summed E-state index contributed by atoms with van der Waals surface area (Å²) in [5.41, 5.74) is -0.224. The van der Waals surface area contributed by atoms with E-state index in [2.05, 4.69) is 20.0 Å². The molecule has 2 N–H and O–H groups in total. The average molecular weight is 548 g/mol. The number of hydrogen-bond donors (Lipinski definition) is 2. The Morgan fingerprint density at radius 3 is 2.74 bits per heavy atom. The molecule has 1 fully saturated rings. The van der Waals surface area contributed by atoms with Crippen molar-refractivity contribution in [3.8, 4) is 5.75 Å². The summed E-state index contributed by atoms with van der Waals surface area (Å²) in [6.45, 7) is 6.60. The van der Waals surface area contributed by atoms with Crippen molar-refractivity contribution in [1.29, 1.82) is 0 Å². The number of esters is 1. The van der Waals surface area contributed by atoms with E-state index >= 15 is 0 Å². The summed E-state index contributed by atoms with van der Waals surface area (Å²) in [5.74, 6) is -0.601. The van der Waals surface area contributed by atoms with Crippen molar-refractivity contribution in [1.82, 2.24) is 24.6 Å². The highest BCUT2D eigenvalue weighted by Gasteiger charge is 2.38. The number of H-pyrrole nitrogens is 1. The molecule has 2 aromatic heterocycles. The van der Waals surface area contributed by atoms with Crippen molar-refractivity contribution in [2.75, 3.05) is 6.61 Å². The molecule has 1 aliphatic rings. The van der Waals surface area contributed by atoms with E-state index in [4.69, 9.17) is 18.5 Å². The highest BCUT2D eigenvalue weighted by Crippen LogP contribution is 2.47. The quantitative estimate of drug-likeness (QED) is 0.283. The molecule has 0 spiro atoms. The van der Waals surface area contributed by atoms with E-state index in [1.54, 1.807) is 32.0 Å². The van der Waals surface area contributed by atoms with E-state index in [1.165, 1.54) is 36.1 Å². The van der Waals surface area contributed by atoms with E-state index in [0.29, 0.717) is 17.5 Å². The number of para-hydroxylation sites is 1. The fourth-order valence-corrected chi connectivity index (χ4v) is 5.59. The van der Waals surface area contributed by atoms with Gasteiger partial charge in [0.05, 0.1) is 24.3 Å². The predicted molar refractivity (Wildman–Crippen MR) is 137 cm³/mol. The smallest absolute Gasteiger partial charge is 0.459 e. The molecule has 3 heterocycles. The summed E-state index contributed by atoms with van der Waals surface area (Å²) in [5, 5.41) is 2.64. The number of hydrogen-bond acceptors (Lipinski definition) is 10. The lowest BCUT2D eigenvalue weighted by atomic mass is 10.1. The van der Waals surface area contributed by atoms with Gasteiger partial charge in [-0.05, 0) is 39.3 Å². The number of carbonyl (C=O) groups excluding carboxylic acids is 1. The van der Waals surface area contributed by atoms with Gasteiger partial charge in [0.1, 0.15) is 17.8 Å². The summed E-state index contributed by atoms with van der Waals surface area (Å²) < 4.78 is 38.1. The number of benzene rings is 1. The SMILES string of the molecule is CC(C)OC(=O)C(C)NP(=O)(OCC1CC(C)C(n2ccc(=O)[nH]c2=O)O1)Oc1cccc2nccnc12. The van der Waals surface area contributed by atoms with Gasteiger partial charge in [-0.1, -0.05) is 13.0 Å². The molecule has 0 amide bonds. The van der Waals surface area contributed by atoms with Gasteiger partial charge in [0.15, 0.2) is 5.75 Å². The first-order valence-electron chi connectivity index (χ1n) is 12.1. The first-order valence-corrected chi connectivity index (χ1v) is 13.7. The molecule has 5 unspecified atom stereocenters. The molecule has 1 saturated heterocycles. The Morgan fingerprint density at radius 1 is 1.24 bits per heavy atom. The molecule has 1 aliphatic heterocycles. The maximum absolute atomic E-state index is 13.9. The van der Waals surface area contributed by atoms with Crippen LogP contribution in [0.15, 0.2) is 52.4 Å². The van der Waals surface area contributed by atoms with Crippen LogP contribution in [-0.2, 0) is 23.4 Å². The third-order valence-electron chi connectivity index (χ3n) is 5.75. The van der Waals surface area contributed by atoms with Gasteiger partial charge in [0.2, 0.25) is 0 Å². The molecular weight excluding hydrogens is 517 g/mol. The van der Waals surface area contributed by atoms with Crippen molar-refractivity contribution in [3.63, 3.8) is 0 Å². The molecule has 3 aromatic rings. The largest absolute Gasteiger partial charge is 0.462 e. The molecular formula is C24H30N5O8P. The van der Waals surface area contributed by atoms with Gasteiger partial charge in [-0.25, -0.2) is 14.3 Å². The third kappa shape index (κ3) is 6.54. The number of ether oxygens (including phenoxy) is 2. The molecule has 0 bridgehead atoms. The van der Waals surface area contributed by atoms with Crippen LogP contribution in [0.2, 0.25) is 0 Å². The van der Waals surface area contributed by atoms with Gasteiger partial charge in [-0.2, -0.15) is 5.09 Å². The van der Waals surface area contributed by atoms with Gasteiger partial charge >= 0.3 is 19.4 Å². The normalized spacial score (nSPS) is 21.8. The van der Waals surface area contributed by atoms with E-state index in [-0.39, 0.29) is 24.4 Å². The maximum Gasteiger partial charge on any atom is 0.459 e. The lowest BCUT2D eigenvalue weighted by Crippen LogP contribution is -2.36. The predicted octanol–water partition coefficient (Wildman–Crippen LogP) is 2.54. The van der Waals surface area contributed by atoms with Crippen LogP contribution in [-0.4, -0.2) is 50.3 Å². The van der Waals surface area contributed by atoms with Crippen LogP contribution >= 0.6 is 7.75 Å². The summed E-state index contributed by atoms with van der Waals surface area (Å²) in [4.78, 5) is 46.8. The van der Waals surface area contributed by atoms with Gasteiger partial charge < -0.3 is 14.0 Å². The number of aromatic amines is 1. The van der Waals surface area contributed by atoms with E-state index in [1.807, 2.05) is 6.92 Å². The van der Waals surface area contributed by atoms with Crippen molar-refractivity contribution >= 4 is 24.7 Å².